The summed E-state index contributed by atoms with van der Waals surface area (Å²) in [4.78, 5) is 27.0. The van der Waals surface area contributed by atoms with E-state index in [9.17, 15) is 9.59 Å². The van der Waals surface area contributed by atoms with Crippen LogP contribution in [-0.4, -0.2) is 28.5 Å². The van der Waals surface area contributed by atoms with Crippen molar-refractivity contribution in [2.24, 2.45) is 0 Å². The van der Waals surface area contributed by atoms with E-state index in [4.69, 9.17) is 0 Å². The standard InChI is InChI=1S/C17H22N2O2/c1-4-11-19-15(17(21)18(5-2)6-3)12-13-9-7-8-10-14(13)16(19)20/h7-10,12H,4-6,11H2,1-3H3. The van der Waals surface area contributed by atoms with Crippen molar-refractivity contribution in [3.8, 4) is 0 Å². The molecule has 0 saturated carbocycles. The predicted octanol–water partition coefficient (Wildman–Crippen LogP) is 2.89. The number of nitrogens with zero attached hydrogens (tertiary/aromatic N) is 2. The molecule has 0 radical (unpaired) electrons. The molecule has 4 heteroatoms. The van der Waals surface area contributed by atoms with Gasteiger partial charge in [-0.15, -0.1) is 0 Å². The van der Waals surface area contributed by atoms with Gasteiger partial charge in [0.25, 0.3) is 11.5 Å². The Labute approximate surface area is 125 Å². The Morgan fingerprint density at radius 2 is 1.81 bits per heavy atom. The third kappa shape index (κ3) is 2.84. The minimum atomic E-state index is -0.0783. The fourth-order valence-electron chi connectivity index (χ4n) is 2.59. The van der Waals surface area contributed by atoms with Crippen LogP contribution in [0.5, 0.6) is 0 Å². The minimum absolute atomic E-state index is 0.0729. The van der Waals surface area contributed by atoms with Crippen molar-refractivity contribution in [2.75, 3.05) is 13.1 Å². The lowest BCUT2D eigenvalue weighted by atomic mass is 10.1. The number of carbonyl (C=O) groups excluding carboxylic acids is 1. The highest BCUT2D eigenvalue weighted by Gasteiger charge is 2.18. The van der Waals surface area contributed by atoms with Crippen molar-refractivity contribution in [1.82, 2.24) is 9.47 Å². The Hall–Kier alpha value is -2.10. The third-order valence-corrected chi connectivity index (χ3v) is 3.74. The Morgan fingerprint density at radius 1 is 1.14 bits per heavy atom. The smallest absolute Gasteiger partial charge is 0.270 e. The van der Waals surface area contributed by atoms with Gasteiger partial charge >= 0.3 is 0 Å². The molecule has 0 saturated heterocycles. The Balaban J connectivity index is 2.68. The second kappa shape index (κ2) is 6.57. The molecule has 2 rings (SSSR count). The molecule has 1 heterocycles. The lowest BCUT2D eigenvalue weighted by Crippen LogP contribution is -2.36. The van der Waals surface area contributed by atoms with Crippen molar-refractivity contribution in [2.45, 2.75) is 33.7 Å². The topological polar surface area (TPSA) is 42.3 Å². The van der Waals surface area contributed by atoms with Gasteiger partial charge in [-0.2, -0.15) is 0 Å². The van der Waals surface area contributed by atoms with E-state index in [2.05, 4.69) is 0 Å². The first-order valence-corrected chi connectivity index (χ1v) is 7.55. The van der Waals surface area contributed by atoms with E-state index in [1.54, 1.807) is 9.47 Å². The van der Waals surface area contributed by atoms with Crippen LogP contribution in [0.1, 0.15) is 37.7 Å². The van der Waals surface area contributed by atoms with E-state index in [1.165, 1.54) is 0 Å². The maximum atomic E-state index is 12.7. The molecule has 4 nitrogen and oxygen atoms in total. The highest BCUT2D eigenvalue weighted by Crippen LogP contribution is 2.14. The van der Waals surface area contributed by atoms with Gasteiger partial charge in [0.05, 0.1) is 0 Å². The molecule has 0 spiro atoms. The van der Waals surface area contributed by atoms with Gasteiger partial charge in [-0.25, -0.2) is 0 Å². The van der Waals surface area contributed by atoms with E-state index in [0.717, 1.165) is 11.8 Å². The Morgan fingerprint density at radius 3 is 2.43 bits per heavy atom. The first kappa shape index (κ1) is 15.3. The van der Waals surface area contributed by atoms with Crippen molar-refractivity contribution < 1.29 is 4.79 Å². The summed E-state index contributed by atoms with van der Waals surface area (Å²) in [6.07, 6.45) is 0.816. The van der Waals surface area contributed by atoms with Crippen LogP contribution in [0.25, 0.3) is 10.8 Å². The van der Waals surface area contributed by atoms with E-state index >= 15 is 0 Å². The van der Waals surface area contributed by atoms with E-state index in [0.29, 0.717) is 30.7 Å². The lowest BCUT2D eigenvalue weighted by Gasteiger charge is -2.21. The molecule has 0 fully saturated rings. The highest BCUT2D eigenvalue weighted by molar-refractivity contribution is 5.96. The second-order valence-electron chi connectivity index (χ2n) is 5.05. The monoisotopic (exact) mass is 286 g/mol. The summed E-state index contributed by atoms with van der Waals surface area (Å²) in [5.41, 5.74) is 0.412. The molecule has 0 aliphatic rings. The molecule has 0 aliphatic heterocycles. The Kier molecular flexibility index (Phi) is 4.78. The summed E-state index contributed by atoms with van der Waals surface area (Å²) in [5.74, 6) is -0.0729. The van der Waals surface area contributed by atoms with Crippen LogP contribution < -0.4 is 5.56 Å². The zero-order valence-corrected chi connectivity index (χ0v) is 12.9. The molecule has 1 amide bonds. The van der Waals surface area contributed by atoms with Crippen LogP contribution in [-0.2, 0) is 6.54 Å². The van der Waals surface area contributed by atoms with Gasteiger partial charge < -0.3 is 9.47 Å². The molecule has 0 N–H and O–H groups in total. The number of rotatable bonds is 5. The van der Waals surface area contributed by atoms with E-state index in [1.807, 2.05) is 51.1 Å². The van der Waals surface area contributed by atoms with Crippen LogP contribution in [0, 0.1) is 0 Å². The molecule has 21 heavy (non-hydrogen) atoms. The van der Waals surface area contributed by atoms with Gasteiger partial charge in [0.1, 0.15) is 5.69 Å². The number of hydrogen-bond donors (Lipinski definition) is 0. The van der Waals surface area contributed by atoms with Gasteiger partial charge in [0, 0.05) is 25.0 Å². The molecule has 1 aromatic heterocycles. The summed E-state index contributed by atoms with van der Waals surface area (Å²) in [6, 6.07) is 9.28. The quantitative estimate of drug-likeness (QED) is 0.848. The molecule has 0 bridgehead atoms. The lowest BCUT2D eigenvalue weighted by molar-refractivity contribution is 0.0760. The molecular weight excluding hydrogens is 264 g/mol. The molecular formula is C17H22N2O2. The van der Waals surface area contributed by atoms with Gasteiger partial charge in [-0.05, 0) is 37.8 Å². The first-order chi connectivity index (χ1) is 10.1. The molecule has 0 aliphatic carbocycles. The molecule has 0 atom stereocenters. The van der Waals surface area contributed by atoms with Crippen LogP contribution >= 0.6 is 0 Å². The van der Waals surface area contributed by atoms with Crippen molar-refractivity contribution in [3.63, 3.8) is 0 Å². The van der Waals surface area contributed by atoms with Crippen molar-refractivity contribution >= 4 is 16.7 Å². The number of pyridine rings is 1. The zero-order valence-electron chi connectivity index (χ0n) is 12.9. The van der Waals surface area contributed by atoms with Gasteiger partial charge in [0.15, 0.2) is 0 Å². The maximum Gasteiger partial charge on any atom is 0.270 e. The minimum Gasteiger partial charge on any atom is -0.338 e. The number of carbonyl (C=O) groups is 1. The maximum absolute atomic E-state index is 12.7. The Bertz CT molecular complexity index is 699. The number of fused-ring (bicyclic) bond motifs is 1. The normalized spacial score (nSPS) is 10.8. The van der Waals surface area contributed by atoms with Crippen LogP contribution in [0.3, 0.4) is 0 Å². The highest BCUT2D eigenvalue weighted by atomic mass is 16.2. The summed E-state index contributed by atoms with van der Waals surface area (Å²) in [7, 11) is 0. The third-order valence-electron chi connectivity index (χ3n) is 3.74. The molecule has 112 valence electrons. The summed E-state index contributed by atoms with van der Waals surface area (Å²) >= 11 is 0. The van der Waals surface area contributed by atoms with Gasteiger partial charge in [0.2, 0.25) is 0 Å². The van der Waals surface area contributed by atoms with Crippen molar-refractivity contribution in [1.29, 1.82) is 0 Å². The van der Waals surface area contributed by atoms with Crippen LogP contribution in [0.4, 0.5) is 0 Å². The average Bonchev–Trinajstić information content (AvgIpc) is 2.51. The first-order valence-electron chi connectivity index (χ1n) is 7.55. The SMILES string of the molecule is CCCn1c(C(=O)N(CC)CC)cc2ccccc2c1=O. The fraction of sp³-hybridized carbons (Fsp3) is 0.412. The van der Waals surface area contributed by atoms with Gasteiger partial charge in [-0.3, -0.25) is 9.59 Å². The molecule has 1 aromatic carbocycles. The van der Waals surface area contributed by atoms with E-state index < -0.39 is 0 Å². The van der Waals surface area contributed by atoms with Gasteiger partial charge in [-0.1, -0.05) is 25.1 Å². The van der Waals surface area contributed by atoms with Crippen molar-refractivity contribution in [3.05, 3.63) is 46.4 Å². The number of aromatic nitrogens is 1. The predicted molar refractivity (Wildman–Crippen MR) is 85.8 cm³/mol. The number of benzene rings is 1. The number of amides is 1. The second-order valence-corrected chi connectivity index (χ2v) is 5.05. The fourth-order valence-corrected chi connectivity index (χ4v) is 2.59. The molecule has 0 unspecified atom stereocenters. The summed E-state index contributed by atoms with van der Waals surface area (Å²) in [5, 5.41) is 1.49. The van der Waals surface area contributed by atoms with Crippen LogP contribution in [0.15, 0.2) is 35.1 Å². The summed E-state index contributed by atoms with van der Waals surface area (Å²) < 4.78 is 1.61. The van der Waals surface area contributed by atoms with E-state index in [-0.39, 0.29) is 11.5 Å². The van der Waals surface area contributed by atoms with Crippen LogP contribution in [0.2, 0.25) is 0 Å². The largest absolute Gasteiger partial charge is 0.338 e. The number of hydrogen-bond acceptors (Lipinski definition) is 2. The zero-order chi connectivity index (χ0) is 15.4. The summed E-state index contributed by atoms with van der Waals surface area (Å²) in [6.45, 7) is 7.75. The average molecular weight is 286 g/mol. The molecule has 2 aromatic rings.